The van der Waals surface area contributed by atoms with Crippen molar-refractivity contribution in [1.82, 2.24) is 9.47 Å². The summed E-state index contributed by atoms with van der Waals surface area (Å²) >= 11 is 0. The number of fused-ring (bicyclic) bond motifs is 1. The molecule has 28 heavy (non-hydrogen) atoms. The van der Waals surface area contributed by atoms with E-state index in [0.29, 0.717) is 6.61 Å². The summed E-state index contributed by atoms with van der Waals surface area (Å²) in [6.07, 6.45) is 2.15. The van der Waals surface area contributed by atoms with Gasteiger partial charge in [-0.1, -0.05) is 18.2 Å². The molecule has 1 fully saturated rings. The maximum atomic E-state index is 9.27. The minimum atomic E-state index is 0.0592. The third-order valence-corrected chi connectivity index (χ3v) is 5.41. The van der Waals surface area contributed by atoms with E-state index in [-0.39, 0.29) is 6.10 Å². The molecule has 1 aliphatic heterocycles. The topological polar surface area (TPSA) is 50.4 Å². The highest BCUT2D eigenvalue weighted by molar-refractivity contribution is 5.84. The van der Waals surface area contributed by atoms with Gasteiger partial charge in [0.25, 0.3) is 0 Å². The molecule has 2 heterocycles. The molecule has 0 amide bonds. The summed E-state index contributed by atoms with van der Waals surface area (Å²) in [5.41, 5.74) is 3.11. The number of methoxy groups -OCH3 is 1. The van der Waals surface area contributed by atoms with Crippen molar-refractivity contribution in [3.8, 4) is 11.8 Å². The molecular weight excluding hydrogens is 350 g/mol. The Morgan fingerprint density at radius 3 is 2.75 bits per heavy atom. The van der Waals surface area contributed by atoms with E-state index in [1.807, 2.05) is 16.7 Å². The quantitative estimate of drug-likeness (QED) is 0.673. The van der Waals surface area contributed by atoms with E-state index < -0.39 is 0 Å². The van der Waals surface area contributed by atoms with Gasteiger partial charge in [0.1, 0.15) is 17.5 Å². The summed E-state index contributed by atoms with van der Waals surface area (Å²) in [6, 6.07) is 16.9. The van der Waals surface area contributed by atoms with Crippen LogP contribution < -0.4 is 4.74 Å². The molecule has 0 unspecified atom stereocenters. The number of rotatable bonds is 5. The first-order valence-electron chi connectivity index (χ1n) is 9.71. The molecule has 0 radical (unpaired) electrons. The van der Waals surface area contributed by atoms with Gasteiger partial charge < -0.3 is 14.0 Å². The second-order valence-electron chi connectivity index (χ2n) is 7.20. The van der Waals surface area contributed by atoms with Gasteiger partial charge >= 0.3 is 0 Å². The molecule has 1 atom stereocenters. The summed E-state index contributed by atoms with van der Waals surface area (Å²) in [5, 5.41) is 11.6. The van der Waals surface area contributed by atoms with Crippen molar-refractivity contribution in [3.63, 3.8) is 0 Å². The molecule has 0 saturated carbocycles. The van der Waals surface area contributed by atoms with Crippen LogP contribution in [-0.2, 0) is 17.8 Å². The van der Waals surface area contributed by atoms with Crippen LogP contribution in [0.4, 0.5) is 0 Å². The van der Waals surface area contributed by atoms with Gasteiger partial charge in [0.15, 0.2) is 0 Å². The second kappa shape index (κ2) is 8.05. The van der Waals surface area contributed by atoms with Crippen LogP contribution in [0.5, 0.6) is 5.75 Å². The SMILES string of the molecule is CCn1cc(CN2CCO[C@H](c3ccc4cc(OC)ccc4c3)C2)cc1C#N. The third kappa shape index (κ3) is 3.75. The van der Waals surface area contributed by atoms with Crippen molar-refractivity contribution < 1.29 is 9.47 Å². The lowest BCUT2D eigenvalue weighted by Crippen LogP contribution is -2.37. The molecule has 4 rings (SSSR count). The molecule has 3 aromatic rings. The van der Waals surface area contributed by atoms with Crippen LogP contribution in [0.15, 0.2) is 48.7 Å². The molecule has 0 bridgehead atoms. The van der Waals surface area contributed by atoms with E-state index in [2.05, 4.69) is 54.4 Å². The van der Waals surface area contributed by atoms with E-state index in [9.17, 15) is 5.26 Å². The maximum Gasteiger partial charge on any atom is 0.120 e. The zero-order chi connectivity index (χ0) is 19.5. The van der Waals surface area contributed by atoms with Crippen LogP contribution in [0, 0.1) is 11.3 Å². The molecule has 1 saturated heterocycles. The summed E-state index contributed by atoms with van der Waals surface area (Å²) < 4.78 is 13.4. The fraction of sp³-hybridized carbons (Fsp3) is 0.348. The Morgan fingerprint density at radius 1 is 1.18 bits per heavy atom. The number of morpholine rings is 1. The molecule has 0 spiro atoms. The van der Waals surface area contributed by atoms with Crippen molar-refractivity contribution in [2.45, 2.75) is 26.1 Å². The highest BCUT2D eigenvalue weighted by Gasteiger charge is 2.23. The summed E-state index contributed by atoms with van der Waals surface area (Å²) in [4.78, 5) is 2.41. The van der Waals surface area contributed by atoms with Crippen molar-refractivity contribution in [2.24, 2.45) is 0 Å². The largest absolute Gasteiger partial charge is 0.497 e. The number of hydrogen-bond acceptors (Lipinski definition) is 4. The van der Waals surface area contributed by atoms with Gasteiger partial charge in [-0.2, -0.15) is 5.26 Å². The number of hydrogen-bond donors (Lipinski definition) is 0. The number of nitrogens with zero attached hydrogens (tertiary/aromatic N) is 3. The number of ether oxygens (including phenoxy) is 2. The van der Waals surface area contributed by atoms with Gasteiger partial charge in [0.05, 0.1) is 19.8 Å². The first-order valence-corrected chi connectivity index (χ1v) is 9.71. The first kappa shape index (κ1) is 18.5. The Labute approximate surface area is 165 Å². The predicted molar refractivity (Wildman–Crippen MR) is 109 cm³/mol. The number of aromatic nitrogens is 1. The average Bonchev–Trinajstić information content (AvgIpc) is 3.15. The van der Waals surface area contributed by atoms with Crippen LogP contribution in [0.25, 0.3) is 10.8 Å². The Hall–Kier alpha value is -2.81. The maximum absolute atomic E-state index is 9.27. The van der Waals surface area contributed by atoms with E-state index in [4.69, 9.17) is 9.47 Å². The lowest BCUT2D eigenvalue weighted by Gasteiger charge is -2.33. The van der Waals surface area contributed by atoms with Crippen LogP contribution in [0.1, 0.15) is 29.8 Å². The Balaban J connectivity index is 1.50. The molecule has 5 nitrogen and oxygen atoms in total. The molecule has 2 aromatic carbocycles. The highest BCUT2D eigenvalue weighted by Crippen LogP contribution is 2.28. The van der Waals surface area contributed by atoms with Gasteiger partial charge in [-0.3, -0.25) is 4.90 Å². The van der Waals surface area contributed by atoms with Crippen molar-refractivity contribution >= 4 is 10.8 Å². The molecule has 1 aliphatic rings. The minimum Gasteiger partial charge on any atom is -0.497 e. The van der Waals surface area contributed by atoms with Crippen LogP contribution >= 0.6 is 0 Å². The Bertz CT molecular complexity index is 1020. The van der Waals surface area contributed by atoms with Gasteiger partial charge in [0, 0.05) is 32.4 Å². The summed E-state index contributed by atoms with van der Waals surface area (Å²) in [6.45, 7) is 6.18. The van der Waals surface area contributed by atoms with E-state index in [0.717, 1.165) is 37.6 Å². The van der Waals surface area contributed by atoms with Crippen LogP contribution in [-0.4, -0.2) is 36.3 Å². The van der Waals surface area contributed by atoms with Gasteiger partial charge in [-0.25, -0.2) is 0 Å². The highest BCUT2D eigenvalue weighted by atomic mass is 16.5. The number of aryl methyl sites for hydroxylation is 1. The fourth-order valence-electron chi connectivity index (χ4n) is 3.89. The number of nitriles is 1. The zero-order valence-corrected chi connectivity index (χ0v) is 16.4. The Kier molecular flexibility index (Phi) is 5.34. The monoisotopic (exact) mass is 375 g/mol. The number of benzene rings is 2. The smallest absolute Gasteiger partial charge is 0.120 e. The van der Waals surface area contributed by atoms with E-state index in [1.54, 1.807) is 7.11 Å². The molecule has 5 heteroatoms. The van der Waals surface area contributed by atoms with Crippen molar-refractivity contribution in [2.75, 3.05) is 26.8 Å². The second-order valence-corrected chi connectivity index (χ2v) is 7.20. The zero-order valence-electron chi connectivity index (χ0n) is 16.4. The van der Waals surface area contributed by atoms with Gasteiger partial charge in [-0.05, 0) is 53.1 Å². The normalized spacial score (nSPS) is 17.5. The van der Waals surface area contributed by atoms with Crippen LogP contribution in [0.3, 0.4) is 0 Å². The summed E-state index contributed by atoms with van der Waals surface area (Å²) in [7, 11) is 1.69. The first-order chi connectivity index (χ1) is 13.7. The Morgan fingerprint density at radius 2 is 2.00 bits per heavy atom. The molecule has 0 aliphatic carbocycles. The molecular formula is C23H25N3O2. The van der Waals surface area contributed by atoms with Gasteiger partial charge in [-0.15, -0.1) is 0 Å². The van der Waals surface area contributed by atoms with Gasteiger partial charge in [0.2, 0.25) is 0 Å². The van der Waals surface area contributed by atoms with Crippen LogP contribution in [0.2, 0.25) is 0 Å². The third-order valence-electron chi connectivity index (χ3n) is 5.41. The summed E-state index contributed by atoms with van der Waals surface area (Å²) in [5.74, 6) is 0.871. The van der Waals surface area contributed by atoms with E-state index in [1.165, 1.54) is 21.9 Å². The average molecular weight is 375 g/mol. The molecule has 0 N–H and O–H groups in total. The van der Waals surface area contributed by atoms with E-state index >= 15 is 0 Å². The molecule has 1 aromatic heterocycles. The molecule has 144 valence electrons. The predicted octanol–water partition coefficient (Wildman–Crippen LogP) is 4.11. The minimum absolute atomic E-state index is 0.0592. The standard InChI is InChI=1S/C23H25N3O2/c1-3-26-15-17(10-21(26)13-24)14-25-8-9-28-23(16-25)20-5-4-19-12-22(27-2)7-6-18(19)11-20/h4-7,10-12,15,23H,3,8-9,14,16H2,1-2H3/t23-/m0/s1. The van der Waals surface area contributed by atoms with Crippen molar-refractivity contribution in [3.05, 3.63) is 65.5 Å². The lowest BCUT2D eigenvalue weighted by atomic mass is 10.0. The lowest BCUT2D eigenvalue weighted by molar-refractivity contribution is -0.0328. The van der Waals surface area contributed by atoms with Crippen molar-refractivity contribution in [1.29, 1.82) is 5.26 Å². The fourth-order valence-corrected chi connectivity index (χ4v) is 3.89.